The Bertz CT molecular complexity index is 960. The number of fused-ring (bicyclic) bond motifs is 3. The molecular formula is C32H46O2. The van der Waals surface area contributed by atoms with Gasteiger partial charge >= 0.3 is 0 Å². The van der Waals surface area contributed by atoms with Gasteiger partial charge in [-0.15, -0.1) is 0 Å². The molecule has 2 aliphatic carbocycles. The van der Waals surface area contributed by atoms with E-state index in [-0.39, 0.29) is 29.1 Å². The van der Waals surface area contributed by atoms with Crippen LogP contribution in [0, 0.1) is 17.3 Å². The number of benzene rings is 2. The molecule has 1 N–H and O–H groups in total. The number of hydrogen-bond donors (Lipinski definition) is 1. The number of aliphatic hydroxyl groups excluding tert-OH is 1. The minimum Gasteiger partial charge on any atom is -0.393 e. The topological polar surface area (TPSA) is 29.5 Å². The molecule has 0 radical (unpaired) electrons. The van der Waals surface area contributed by atoms with Crippen molar-refractivity contribution in [3.8, 4) is 0 Å². The van der Waals surface area contributed by atoms with Crippen LogP contribution in [0.2, 0.25) is 0 Å². The first-order valence-electron chi connectivity index (χ1n) is 13.6. The number of ether oxygens (including phenoxy) is 1. The lowest BCUT2D eigenvalue weighted by molar-refractivity contribution is -0.123. The van der Waals surface area contributed by atoms with E-state index in [2.05, 4.69) is 90.1 Å². The second-order valence-corrected chi connectivity index (χ2v) is 12.4. The second-order valence-electron chi connectivity index (χ2n) is 12.4. The average Bonchev–Trinajstić information content (AvgIpc) is 2.77. The predicted molar refractivity (Wildman–Crippen MR) is 142 cm³/mol. The van der Waals surface area contributed by atoms with Gasteiger partial charge in [-0.25, -0.2) is 0 Å². The van der Waals surface area contributed by atoms with Crippen molar-refractivity contribution in [3.05, 3.63) is 70.8 Å². The van der Waals surface area contributed by atoms with E-state index in [0.29, 0.717) is 24.2 Å². The highest BCUT2D eigenvalue weighted by atomic mass is 16.5. The van der Waals surface area contributed by atoms with Crippen LogP contribution in [0.15, 0.2) is 48.5 Å². The van der Waals surface area contributed by atoms with Gasteiger partial charge in [-0.2, -0.15) is 0 Å². The molecule has 1 unspecified atom stereocenters. The van der Waals surface area contributed by atoms with E-state index in [1.807, 2.05) is 6.92 Å². The summed E-state index contributed by atoms with van der Waals surface area (Å²) in [5.74, 6) is 1.62. The number of aryl methyl sites for hydroxylation is 1. The molecule has 186 valence electrons. The van der Waals surface area contributed by atoms with Gasteiger partial charge in [-0.1, -0.05) is 83.1 Å². The van der Waals surface area contributed by atoms with E-state index in [1.165, 1.54) is 30.4 Å². The van der Waals surface area contributed by atoms with Crippen LogP contribution in [0.4, 0.5) is 0 Å². The molecule has 0 saturated heterocycles. The van der Waals surface area contributed by atoms with E-state index in [9.17, 15) is 5.11 Å². The molecule has 0 amide bonds. The van der Waals surface area contributed by atoms with Crippen LogP contribution in [0.25, 0.3) is 0 Å². The molecule has 1 fully saturated rings. The molecule has 34 heavy (non-hydrogen) atoms. The maximum atomic E-state index is 9.98. The van der Waals surface area contributed by atoms with E-state index in [1.54, 1.807) is 11.1 Å². The Balaban J connectivity index is 1.69. The Hall–Kier alpha value is -1.64. The van der Waals surface area contributed by atoms with E-state index >= 15 is 0 Å². The van der Waals surface area contributed by atoms with Crippen LogP contribution >= 0.6 is 0 Å². The molecule has 0 aromatic heterocycles. The molecule has 2 aromatic carbocycles. The van der Waals surface area contributed by atoms with Crippen molar-refractivity contribution in [2.24, 2.45) is 17.3 Å². The van der Waals surface area contributed by atoms with Gasteiger partial charge in [0.2, 0.25) is 0 Å². The quantitative estimate of drug-likeness (QED) is 0.452. The van der Waals surface area contributed by atoms with E-state index < -0.39 is 0 Å². The maximum Gasteiger partial charge on any atom is 0.0861 e. The number of hydrogen-bond acceptors (Lipinski definition) is 2. The summed E-state index contributed by atoms with van der Waals surface area (Å²) in [7, 11) is 0. The van der Waals surface area contributed by atoms with Crippen LogP contribution in [0.5, 0.6) is 0 Å². The van der Waals surface area contributed by atoms with Crippen molar-refractivity contribution in [1.29, 1.82) is 0 Å². The summed E-state index contributed by atoms with van der Waals surface area (Å²) in [6.07, 6.45) is 5.19. The van der Waals surface area contributed by atoms with Crippen molar-refractivity contribution < 1.29 is 9.84 Å². The normalized spacial score (nSPS) is 28.6. The Morgan fingerprint density at radius 3 is 2.29 bits per heavy atom. The molecule has 2 aliphatic rings. The van der Waals surface area contributed by atoms with Crippen LogP contribution < -0.4 is 0 Å². The number of aliphatic hydroxyl groups is 1. The zero-order valence-corrected chi connectivity index (χ0v) is 22.5. The predicted octanol–water partition coefficient (Wildman–Crippen LogP) is 7.98. The number of rotatable bonds is 7. The van der Waals surface area contributed by atoms with Gasteiger partial charge in [0.05, 0.1) is 18.3 Å². The summed E-state index contributed by atoms with van der Waals surface area (Å²) in [6.45, 7) is 16.2. The molecule has 1 saturated carbocycles. The minimum absolute atomic E-state index is 0.0231. The lowest BCUT2D eigenvalue weighted by Gasteiger charge is -2.59. The molecule has 0 bridgehead atoms. The second kappa shape index (κ2) is 9.78. The highest BCUT2D eigenvalue weighted by molar-refractivity contribution is 5.42. The fourth-order valence-corrected chi connectivity index (χ4v) is 7.47. The molecule has 0 spiro atoms. The largest absolute Gasteiger partial charge is 0.393 e. The fourth-order valence-electron chi connectivity index (χ4n) is 7.47. The van der Waals surface area contributed by atoms with Crippen LogP contribution in [0.1, 0.15) is 108 Å². The third-order valence-corrected chi connectivity index (χ3v) is 9.26. The zero-order valence-electron chi connectivity index (χ0n) is 22.5. The standard InChI is InChI=1S/C32H46O2/c1-21(2)26-14-13-24-15-16-29-31(5,6)27(17-18-32(29,7)28(24)20-26)30(25-11-9-8-10-12-25)34-23(4)19-22(3)33/h8-14,20-23,27,29-30,33H,15-19H2,1-7H3/t22-,23-,27-,29-,30?,32+/m1/s1. The molecule has 4 rings (SSSR count). The summed E-state index contributed by atoms with van der Waals surface area (Å²) in [5, 5.41) is 9.98. The summed E-state index contributed by atoms with van der Waals surface area (Å²) < 4.78 is 6.80. The summed E-state index contributed by atoms with van der Waals surface area (Å²) in [5.41, 5.74) is 6.28. The first kappa shape index (κ1) is 25.5. The van der Waals surface area contributed by atoms with Gasteiger partial charge in [-0.05, 0) is 96.8 Å². The Morgan fingerprint density at radius 2 is 1.65 bits per heavy atom. The first-order chi connectivity index (χ1) is 16.0. The van der Waals surface area contributed by atoms with Gasteiger partial charge in [0.15, 0.2) is 0 Å². The Morgan fingerprint density at radius 1 is 0.941 bits per heavy atom. The maximum absolute atomic E-state index is 9.98. The third-order valence-electron chi connectivity index (χ3n) is 9.26. The smallest absolute Gasteiger partial charge is 0.0861 e. The van der Waals surface area contributed by atoms with Crippen molar-refractivity contribution in [1.82, 2.24) is 0 Å². The van der Waals surface area contributed by atoms with Gasteiger partial charge < -0.3 is 9.84 Å². The summed E-state index contributed by atoms with van der Waals surface area (Å²) in [4.78, 5) is 0. The molecular weight excluding hydrogens is 416 g/mol. The third kappa shape index (κ3) is 4.73. The lowest BCUT2D eigenvalue weighted by atomic mass is 9.46. The average molecular weight is 463 g/mol. The molecule has 2 nitrogen and oxygen atoms in total. The van der Waals surface area contributed by atoms with E-state index in [0.717, 1.165) is 6.42 Å². The van der Waals surface area contributed by atoms with Gasteiger partial charge in [-0.3, -0.25) is 0 Å². The zero-order chi connectivity index (χ0) is 24.7. The van der Waals surface area contributed by atoms with Gasteiger partial charge in [0, 0.05) is 0 Å². The van der Waals surface area contributed by atoms with Crippen molar-refractivity contribution in [2.75, 3.05) is 0 Å². The lowest BCUT2D eigenvalue weighted by Crippen LogP contribution is -2.53. The van der Waals surface area contributed by atoms with Crippen molar-refractivity contribution in [3.63, 3.8) is 0 Å². The minimum atomic E-state index is -0.348. The Labute approximate surface area is 208 Å². The Kier molecular flexibility index (Phi) is 7.32. The first-order valence-corrected chi connectivity index (χ1v) is 13.6. The summed E-state index contributed by atoms with van der Waals surface area (Å²) in [6, 6.07) is 18.1. The van der Waals surface area contributed by atoms with E-state index in [4.69, 9.17) is 4.74 Å². The molecule has 2 heteroatoms. The highest BCUT2D eigenvalue weighted by Gasteiger charge is 2.55. The van der Waals surface area contributed by atoms with Crippen LogP contribution in [-0.2, 0) is 16.6 Å². The molecule has 0 heterocycles. The summed E-state index contributed by atoms with van der Waals surface area (Å²) >= 11 is 0. The molecule has 0 aliphatic heterocycles. The monoisotopic (exact) mass is 462 g/mol. The fraction of sp³-hybridized carbons (Fsp3) is 0.625. The van der Waals surface area contributed by atoms with Gasteiger partial charge in [0.1, 0.15) is 0 Å². The molecule has 2 aromatic rings. The van der Waals surface area contributed by atoms with Crippen molar-refractivity contribution in [2.45, 2.75) is 110 Å². The van der Waals surface area contributed by atoms with Crippen LogP contribution in [0.3, 0.4) is 0 Å². The van der Waals surface area contributed by atoms with Gasteiger partial charge in [0.25, 0.3) is 0 Å². The van der Waals surface area contributed by atoms with Crippen LogP contribution in [-0.4, -0.2) is 17.3 Å². The SMILES string of the molecule is CC(C)c1ccc2c(c1)[C@]1(C)CC[C@H](C(O[C@H](C)C[C@@H](C)O)c3ccccc3)C(C)(C)[C@H]1CC2. The highest BCUT2D eigenvalue weighted by Crippen LogP contribution is 2.62. The van der Waals surface area contributed by atoms with Crippen molar-refractivity contribution >= 4 is 0 Å². The molecule has 6 atom stereocenters.